The average molecular weight is 450 g/mol. The van der Waals surface area contributed by atoms with Gasteiger partial charge in [-0.25, -0.2) is 9.59 Å². The molecule has 7 nitrogen and oxygen atoms in total. The van der Waals surface area contributed by atoms with Gasteiger partial charge in [-0.3, -0.25) is 4.79 Å². The molecule has 0 bridgehead atoms. The summed E-state index contributed by atoms with van der Waals surface area (Å²) in [6, 6.07) is 22.2. The Morgan fingerprint density at radius 2 is 1.06 bits per heavy atom. The first kappa shape index (κ1) is 22.5. The number of carbonyl (C=O) groups is 4. The monoisotopic (exact) mass is 450 g/mol. The number of rotatable bonds is 7. The first-order chi connectivity index (χ1) is 16.4. The number of carboxylic acids is 2. The molecule has 4 rings (SSSR count). The number of carbonyl (C=O) groups excluding carboxylic acids is 2. The smallest absolute Gasteiger partial charge is 0.336 e. The molecule has 0 saturated carbocycles. The molecule has 8 heteroatoms. The highest BCUT2D eigenvalue weighted by Gasteiger charge is 2.25. The van der Waals surface area contributed by atoms with Crippen LogP contribution in [0.4, 0.5) is 5.69 Å². The van der Waals surface area contributed by atoms with Crippen molar-refractivity contribution in [1.29, 1.82) is 0 Å². The molecule has 4 aromatic carbocycles. The Morgan fingerprint density at radius 1 is 0.588 bits per heavy atom. The third-order valence-corrected chi connectivity index (χ3v) is 5.26. The molecule has 0 fully saturated rings. The molecule has 0 saturated heterocycles. The van der Waals surface area contributed by atoms with E-state index in [0.29, 0.717) is 11.2 Å². The molecule has 1 radical (unpaired) electrons. The number of nitrogens with one attached hydrogen (secondary N) is 1. The first-order valence-corrected chi connectivity index (χ1v) is 10.2. The van der Waals surface area contributed by atoms with Gasteiger partial charge in [-0.15, -0.1) is 0 Å². The minimum atomic E-state index is -1.35. The third-order valence-electron chi connectivity index (χ3n) is 5.26. The number of fused-ring (bicyclic) bond motifs is 1. The van der Waals surface area contributed by atoms with Crippen molar-refractivity contribution in [3.8, 4) is 0 Å². The van der Waals surface area contributed by atoms with E-state index >= 15 is 0 Å². The summed E-state index contributed by atoms with van der Waals surface area (Å²) in [4.78, 5) is 50.3. The Balaban J connectivity index is 1.94. The molecule has 0 atom stereocenters. The van der Waals surface area contributed by atoms with Crippen LogP contribution in [0, 0.1) is 0 Å². The number of anilines is 1. The fraction of sp³-hybridized carbons (Fsp3) is 0. The van der Waals surface area contributed by atoms with Crippen LogP contribution in [-0.4, -0.2) is 41.0 Å². The van der Waals surface area contributed by atoms with Gasteiger partial charge in [0, 0.05) is 27.6 Å². The fourth-order valence-electron chi connectivity index (χ4n) is 3.74. The number of aromatic carboxylic acids is 2. The van der Waals surface area contributed by atoms with Crippen molar-refractivity contribution in [2.45, 2.75) is 0 Å². The van der Waals surface area contributed by atoms with Crippen molar-refractivity contribution in [2.24, 2.45) is 0 Å². The van der Waals surface area contributed by atoms with Crippen LogP contribution in [0.25, 0.3) is 10.8 Å². The highest BCUT2D eigenvalue weighted by Crippen LogP contribution is 2.31. The number of benzene rings is 4. The molecule has 1 amide bonds. The first-order valence-electron chi connectivity index (χ1n) is 10.2. The van der Waals surface area contributed by atoms with Gasteiger partial charge in [0.1, 0.15) is 5.68 Å². The maximum absolute atomic E-state index is 13.2. The molecule has 3 N–H and O–H groups in total. The van der Waals surface area contributed by atoms with E-state index in [1.807, 2.05) is 0 Å². The van der Waals surface area contributed by atoms with Crippen molar-refractivity contribution in [2.75, 3.05) is 5.32 Å². The van der Waals surface area contributed by atoms with Crippen LogP contribution in [0.5, 0.6) is 0 Å². The third kappa shape index (κ3) is 4.42. The molecule has 0 unspecified atom stereocenters. The molecule has 0 aliphatic rings. The van der Waals surface area contributed by atoms with Gasteiger partial charge in [0.15, 0.2) is 0 Å². The summed E-state index contributed by atoms with van der Waals surface area (Å²) in [5, 5.41) is 22.1. The summed E-state index contributed by atoms with van der Waals surface area (Å²) in [5.74, 6) is -3.34. The lowest BCUT2D eigenvalue weighted by molar-refractivity contribution is 0.0686. The molecule has 165 valence electrons. The van der Waals surface area contributed by atoms with E-state index < -0.39 is 23.5 Å². The summed E-state index contributed by atoms with van der Waals surface area (Å²) in [5.41, 5.74) is -0.0866. The van der Waals surface area contributed by atoms with Gasteiger partial charge < -0.3 is 20.3 Å². The van der Waals surface area contributed by atoms with E-state index in [2.05, 4.69) is 5.32 Å². The van der Waals surface area contributed by atoms with Gasteiger partial charge in [-0.1, -0.05) is 60.1 Å². The van der Waals surface area contributed by atoms with Crippen LogP contribution in [0.1, 0.15) is 41.4 Å². The highest BCUT2D eigenvalue weighted by molar-refractivity contribution is 6.87. The van der Waals surface area contributed by atoms with Crippen LogP contribution in [-0.2, 0) is 0 Å². The predicted molar refractivity (Wildman–Crippen MR) is 128 cm³/mol. The predicted octanol–water partition coefficient (Wildman–Crippen LogP) is 3.66. The average Bonchev–Trinajstić information content (AvgIpc) is 2.83. The van der Waals surface area contributed by atoms with E-state index in [-0.39, 0.29) is 33.0 Å². The van der Waals surface area contributed by atoms with Crippen molar-refractivity contribution >= 4 is 52.7 Å². The molecule has 34 heavy (non-hydrogen) atoms. The van der Waals surface area contributed by atoms with Gasteiger partial charge in [0.05, 0.1) is 11.1 Å². The maximum Gasteiger partial charge on any atom is 0.336 e. The van der Waals surface area contributed by atoms with Crippen LogP contribution >= 0.6 is 0 Å². The van der Waals surface area contributed by atoms with E-state index in [4.69, 9.17) is 0 Å². The van der Waals surface area contributed by atoms with Crippen LogP contribution in [0.3, 0.4) is 0 Å². The highest BCUT2D eigenvalue weighted by atomic mass is 16.4. The summed E-state index contributed by atoms with van der Waals surface area (Å²) >= 11 is 0. The molecule has 4 aromatic rings. The minimum Gasteiger partial charge on any atom is -0.478 e. The van der Waals surface area contributed by atoms with Crippen molar-refractivity contribution in [3.05, 3.63) is 107 Å². The zero-order valence-electron chi connectivity index (χ0n) is 17.7. The van der Waals surface area contributed by atoms with Crippen LogP contribution < -0.4 is 10.8 Å². The standard InChI is InChI=1S/C26H17BNO6/c29-23(27-15-7-3-1-4-8-15)17-11-13-20(26(33)34)22-18(12-14-19(21(17)22)25(31)32)24(30)28-16-9-5-2-6-10-16/h1-14H,(H,28,30)(H,31,32)(H,33,34). The Kier molecular flexibility index (Phi) is 6.23. The minimum absolute atomic E-state index is 0.0179. The molecule has 0 aliphatic heterocycles. The molecule has 0 aliphatic carbocycles. The Hall–Kier alpha value is -4.72. The molecule has 0 heterocycles. The van der Waals surface area contributed by atoms with Gasteiger partial charge in [0.25, 0.3) is 5.91 Å². The van der Waals surface area contributed by atoms with E-state index in [9.17, 15) is 29.4 Å². The Morgan fingerprint density at radius 3 is 1.62 bits per heavy atom. The van der Waals surface area contributed by atoms with Gasteiger partial charge in [-0.05, 0) is 30.3 Å². The fourth-order valence-corrected chi connectivity index (χ4v) is 3.74. The second kappa shape index (κ2) is 9.42. The normalized spacial score (nSPS) is 10.5. The summed E-state index contributed by atoms with van der Waals surface area (Å²) in [6.07, 6.45) is 0. The van der Waals surface area contributed by atoms with Gasteiger partial charge >= 0.3 is 11.9 Å². The second-order valence-corrected chi connectivity index (χ2v) is 7.42. The van der Waals surface area contributed by atoms with E-state index in [1.54, 1.807) is 60.7 Å². The van der Waals surface area contributed by atoms with E-state index in [0.717, 1.165) is 0 Å². The maximum atomic E-state index is 13.2. The molecular weight excluding hydrogens is 433 g/mol. The number of carboxylic acid groups (broad SMARTS) is 2. The van der Waals surface area contributed by atoms with Crippen LogP contribution in [0.2, 0.25) is 0 Å². The molecule has 0 spiro atoms. The van der Waals surface area contributed by atoms with E-state index in [1.165, 1.54) is 31.5 Å². The number of amides is 1. The Labute approximate surface area is 194 Å². The van der Waals surface area contributed by atoms with Gasteiger partial charge in [0.2, 0.25) is 7.28 Å². The molecular formula is C26H17BNO6. The van der Waals surface area contributed by atoms with Crippen LogP contribution in [0.15, 0.2) is 84.9 Å². The van der Waals surface area contributed by atoms with Crippen molar-refractivity contribution in [3.63, 3.8) is 0 Å². The zero-order chi connectivity index (χ0) is 24.2. The largest absolute Gasteiger partial charge is 0.478 e. The van der Waals surface area contributed by atoms with Gasteiger partial charge in [-0.2, -0.15) is 0 Å². The lowest BCUT2D eigenvalue weighted by Crippen LogP contribution is -2.24. The number of hydrogen-bond acceptors (Lipinski definition) is 4. The number of hydrogen-bond donors (Lipinski definition) is 3. The second-order valence-electron chi connectivity index (χ2n) is 7.42. The topological polar surface area (TPSA) is 121 Å². The lowest BCUT2D eigenvalue weighted by Gasteiger charge is -2.15. The Bertz CT molecular complexity index is 1320. The summed E-state index contributed by atoms with van der Waals surface area (Å²) in [7, 11) is 1.33. The SMILES string of the molecule is O=C(O)c1ccc(C(=O)Nc2ccccc2)c2c(C(=O)O)ccc(C(=O)[B]c3ccccc3)c12. The number of para-hydroxylation sites is 1. The summed E-state index contributed by atoms with van der Waals surface area (Å²) in [6.45, 7) is 0. The molecule has 0 aromatic heterocycles. The van der Waals surface area contributed by atoms with Crippen molar-refractivity contribution in [1.82, 2.24) is 0 Å². The lowest BCUT2D eigenvalue weighted by atomic mass is 9.63. The van der Waals surface area contributed by atoms with Crippen molar-refractivity contribution < 1.29 is 29.4 Å². The zero-order valence-corrected chi connectivity index (χ0v) is 17.7. The quantitative estimate of drug-likeness (QED) is 0.370. The summed E-state index contributed by atoms with van der Waals surface area (Å²) < 4.78 is 0.